The predicted octanol–water partition coefficient (Wildman–Crippen LogP) is 0.448. The number of carboxylic acid groups (broad SMARTS) is 1. The Hall–Kier alpha value is -1.57. The molecule has 0 aliphatic carbocycles. The second-order valence-corrected chi connectivity index (χ2v) is 6.52. The first-order chi connectivity index (χ1) is 9.39. The van der Waals surface area contributed by atoms with Crippen molar-refractivity contribution < 1.29 is 44.3 Å². The number of benzene rings is 2. The number of rotatable bonds is 2. The average molecular weight is 395 g/mol. The summed E-state index contributed by atoms with van der Waals surface area (Å²) in [6.07, 6.45) is -5.08. The first kappa shape index (κ1) is 16.5. The average Bonchev–Trinajstić information content (AvgIpc) is 2.40. The standard InChI is InChI=1S/C12H10I.C2HF3O2/c1-3-7-11(8-4-1)13-12-9-5-2-6-10-12;3-2(4,5)1(6)7/h1-10H;(H,6,7)/q-1;. The van der Waals surface area contributed by atoms with Crippen LogP contribution in [0.2, 0.25) is 0 Å². The molecule has 20 heavy (non-hydrogen) atoms. The molecule has 108 valence electrons. The molecule has 0 aliphatic rings. The zero-order valence-corrected chi connectivity index (χ0v) is 12.3. The van der Waals surface area contributed by atoms with Crippen LogP contribution in [0.5, 0.6) is 0 Å². The predicted molar refractivity (Wildman–Crippen MR) is 64.0 cm³/mol. The van der Waals surface area contributed by atoms with Crippen molar-refractivity contribution in [1.82, 2.24) is 0 Å². The van der Waals surface area contributed by atoms with Crippen LogP contribution in [0.1, 0.15) is 0 Å². The van der Waals surface area contributed by atoms with Crippen molar-refractivity contribution >= 4 is 5.97 Å². The number of halogens is 4. The van der Waals surface area contributed by atoms with Gasteiger partial charge in [-0.3, -0.25) is 0 Å². The molecule has 1 N–H and O–H groups in total. The summed E-state index contributed by atoms with van der Waals surface area (Å²) in [6, 6.07) is 21.4. The number of hydrogen-bond acceptors (Lipinski definition) is 1. The van der Waals surface area contributed by atoms with Crippen molar-refractivity contribution in [2.24, 2.45) is 0 Å². The van der Waals surface area contributed by atoms with Gasteiger partial charge in [0.25, 0.3) is 0 Å². The molecule has 0 saturated heterocycles. The van der Waals surface area contributed by atoms with Gasteiger partial charge in [-0.2, -0.15) is 13.2 Å². The van der Waals surface area contributed by atoms with Gasteiger partial charge in [-0.15, -0.1) is 0 Å². The fraction of sp³-hybridized carbons (Fsp3) is 0.0714. The van der Waals surface area contributed by atoms with Crippen LogP contribution >= 0.6 is 0 Å². The van der Waals surface area contributed by atoms with E-state index < -0.39 is 12.1 Å². The Morgan fingerprint density at radius 1 is 0.850 bits per heavy atom. The second kappa shape index (κ2) is 7.88. The molecule has 0 saturated carbocycles. The van der Waals surface area contributed by atoms with Gasteiger partial charge >= 0.3 is 101 Å². The van der Waals surface area contributed by atoms with Gasteiger partial charge in [-0.1, -0.05) is 0 Å². The van der Waals surface area contributed by atoms with Crippen molar-refractivity contribution in [2.45, 2.75) is 6.18 Å². The maximum absolute atomic E-state index is 10.6. The van der Waals surface area contributed by atoms with Crippen molar-refractivity contribution in [1.29, 1.82) is 0 Å². The van der Waals surface area contributed by atoms with Crippen molar-refractivity contribution in [3.63, 3.8) is 0 Å². The summed E-state index contributed by atoms with van der Waals surface area (Å²) in [5, 5.41) is 7.12. The van der Waals surface area contributed by atoms with E-state index in [2.05, 4.69) is 60.7 Å². The van der Waals surface area contributed by atoms with Gasteiger partial charge < -0.3 is 5.11 Å². The third kappa shape index (κ3) is 6.55. The fourth-order valence-electron chi connectivity index (χ4n) is 1.08. The Morgan fingerprint density at radius 3 is 1.40 bits per heavy atom. The van der Waals surface area contributed by atoms with Gasteiger partial charge in [-0.05, 0) is 0 Å². The van der Waals surface area contributed by atoms with Crippen LogP contribution < -0.4 is 21.2 Å². The topological polar surface area (TPSA) is 37.3 Å². The van der Waals surface area contributed by atoms with Crippen LogP contribution in [0.4, 0.5) is 13.2 Å². The molecule has 0 fully saturated rings. The Bertz CT molecular complexity index is 490. The van der Waals surface area contributed by atoms with Crippen LogP contribution in [0.3, 0.4) is 0 Å². The molecule has 0 atom stereocenters. The van der Waals surface area contributed by atoms with Gasteiger partial charge in [0, 0.05) is 0 Å². The van der Waals surface area contributed by atoms with E-state index in [1.54, 1.807) is 0 Å². The van der Waals surface area contributed by atoms with E-state index in [0.29, 0.717) is 0 Å². The number of aliphatic carboxylic acids is 1. The molecule has 0 spiro atoms. The molecule has 2 nitrogen and oxygen atoms in total. The first-order valence-corrected chi connectivity index (χ1v) is 7.60. The van der Waals surface area contributed by atoms with Gasteiger partial charge in [0.15, 0.2) is 0 Å². The third-order valence-corrected chi connectivity index (χ3v) is 4.61. The molecule has 0 aromatic heterocycles. The molecular formula is C14H11F3IO2-. The SMILES string of the molecule is O=C(O)C(F)(F)F.c1ccc([I-]c2ccccc2)cc1. The second-order valence-electron chi connectivity index (χ2n) is 3.49. The van der Waals surface area contributed by atoms with E-state index in [1.807, 2.05) is 0 Å². The Labute approximate surface area is 124 Å². The molecule has 6 heteroatoms. The molecule has 0 amide bonds. The summed E-state index contributed by atoms with van der Waals surface area (Å²) >= 11 is 0.0287. The van der Waals surface area contributed by atoms with E-state index in [9.17, 15) is 13.2 Å². The Morgan fingerprint density at radius 2 is 1.15 bits per heavy atom. The molecule has 0 heterocycles. The van der Waals surface area contributed by atoms with Crippen LogP contribution in [0.15, 0.2) is 60.7 Å². The van der Waals surface area contributed by atoms with Gasteiger partial charge in [0.05, 0.1) is 0 Å². The summed E-state index contributed by atoms with van der Waals surface area (Å²) < 4.78 is 34.7. The summed E-state index contributed by atoms with van der Waals surface area (Å²) in [4.78, 5) is 8.90. The zero-order chi connectivity index (χ0) is 15.0. The summed E-state index contributed by atoms with van der Waals surface area (Å²) in [6.45, 7) is 0. The molecule has 2 rings (SSSR count). The number of hydrogen-bond donors (Lipinski definition) is 1. The normalized spacial score (nSPS) is 10.6. The first-order valence-electron chi connectivity index (χ1n) is 5.44. The molecule has 2 aromatic rings. The van der Waals surface area contributed by atoms with Crippen LogP contribution in [0.25, 0.3) is 0 Å². The monoisotopic (exact) mass is 395 g/mol. The van der Waals surface area contributed by atoms with Gasteiger partial charge in [-0.25, -0.2) is 4.79 Å². The Kier molecular flexibility index (Phi) is 6.50. The maximum atomic E-state index is 10.6. The van der Waals surface area contributed by atoms with Crippen LogP contribution in [0, 0.1) is 7.14 Å². The zero-order valence-electron chi connectivity index (χ0n) is 10.1. The van der Waals surface area contributed by atoms with Gasteiger partial charge in [0.1, 0.15) is 0 Å². The van der Waals surface area contributed by atoms with Crippen LogP contribution in [-0.4, -0.2) is 17.3 Å². The molecule has 0 aliphatic heterocycles. The summed E-state index contributed by atoms with van der Waals surface area (Å²) in [5.74, 6) is -2.76. The molecule has 0 bridgehead atoms. The molecule has 0 unspecified atom stereocenters. The molecular weight excluding hydrogens is 384 g/mol. The summed E-state index contributed by atoms with van der Waals surface area (Å²) in [5.41, 5.74) is 0. The number of carbonyl (C=O) groups is 1. The quantitative estimate of drug-likeness (QED) is 0.751. The Balaban J connectivity index is 0.000000246. The minimum absolute atomic E-state index is 0.0287. The van der Waals surface area contributed by atoms with Crippen molar-refractivity contribution in [3.05, 3.63) is 67.8 Å². The van der Waals surface area contributed by atoms with E-state index >= 15 is 0 Å². The van der Waals surface area contributed by atoms with E-state index in [-0.39, 0.29) is 21.2 Å². The van der Waals surface area contributed by atoms with E-state index in [0.717, 1.165) is 0 Å². The third-order valence-electron chi connectivity index (χ3n) is 1.93. The van der Waals surface area contributed by atoms with E-state index in [1.165, 1.54) is 7.14 Å². The van der Waals surface area contributed by atoms with Crippen molar-refractivity contribution in [3.8, 4) is 0 Å². The van der Waals surface area contributed by atoms with Crippen LogP contribution in [-0.2, 0) is 4.79 Å². The molecule has 0 radical (unpaired) electrons. The summed E-state index contributed by atoms with van der Waals surface area (Å²) in [7, 11) is 0. The minimum atomic E-state index is -5.08. The van der Waals surface area contributed by atoms with Crippen molar-refractivity contribution in [2.75, 3.05) is 0 Å². The fourth-order valence-corrected chi connectivity index (χ4v) is 3.35. The van der Waals surface area contributed by atoms with Gasteiger partial charge in [0.2, 0.25) is 0 Å². The van der Waals surface area contributed by atoms with E-state index in [4.69, 9.17) is 9.90 Å². The number of carboxylic acids is 1. The molecule has 2 aromatic carbocycles. The number of alkyl halides is 3.